The van der Waals surface area contributed by atoms with E-state index in [4.69, 9.17) is 20.9 Å². The van der Waals surface area contributed by atoms with Gasteiger partial charge in [-0.25, -0.2) is 4.79 Å². The lowest BCUT2D eigenvalue weighted by molar-refractivity contribution is -0.119. The van der Waals surface area contributed by atoms with Crippen molar-refractivity contribution in [2.45, 2.75) is 6.92 Å². The third kappa shape index (κ3) is 4.30. The van der Waals surface area contributed by atoms with Crippen LogP contribution in [0.4, 0.5) is 5.88 Å². The third-order valence-electron chi connectivity index (χ3n) is 2.37. The number of hydrogen-bond acceptors (Lipinski definition) is 5. The van der Waals surface area contributed by atoms with Gasteiger partial charge in [-0.3, -0.25) is 10.1 Å². The molecule has 0 saturated carbocycles. The van der Waals surface area contributed by atoms with Crippen LogP contribution in [0.3, 0.4) is 0 Å². The van der Waals surface area contributed by atoms with Gasteiger partial charge in [-0.1, -0.05) is 32.7 Å². The first-order valence-electron chi connectivity index (χ1n) is 5.81. The van der Waals surface area contributed by atoms with Crippen LogP contribution >= 0.6 is 27.5 Å². The minimum atomic E-state index is -0.690. The van der Waals surface area contributed by atoms with Gasteiger partial charge in [0.15, 0.2) is 6.61 Å². The van der Waals surface area contributed by atoms with Crippen LogP contribution in [-0.4, -0.2) is 23.6 Å². The fourth-order valence-electron chi connectivity index (χ4n) is 1.46. The topological polar surface area (TPSA) is 81.4 Å². The maximum Gasteiger partial charge on any atom is 0.340 e. The van der Waals surface area contributed by atoms with Gasteiger partial charge in [0.2, 0.25) is 5.88 Å². The Morgan fingerprint density at radius 1 is 1.43 bits per heavy atom. The van der Waals surface area contributed by atoms with Crippen LogP contribution in [0.5, 0.6) is 0 Å². The Balaban J connectivity index is 1.91. The molecule has 0 aliphatic rings. The summed E-state index contributed by atoms with van der Waals surface area (Å²) >= 11 is 9.12. The second-order valence-electron chi connectivity index (χ2n) is 4.08. The van der Waals surface area contributed by atoms with Crippen LogP contribution in [0.15, 0.2) is 33.3 Å². The molecule has 2 aromatic rings. The lowest BCUT2D eigenvalue weighted by Crippen LogP contribution is -2.20. The molecule has 0 aliphatic heterocycles. The smallest absolute Gasteiger partial charge is 0.340 e. The summed E-state index contributed by atoms with van der Waals surface area (Å²) in [7, 11) is 0. The molecule has 0 bridgehead atoms. The summed E-state index contributed by atoms with van der Waals surface area (Å²) in [6.45, 7) is 1.26. The Morgan fingerprint density at radius 3 is 2.86 bits per heavy atom. The number of amides is 1. The number of benzene rings is 1. The first kappa shape index (κ1) is 15.5. The van der Waals surface area contributed by atoms with Gasteiger partial charge in [-0.2, -0.15) is 0 Å². The van der Waals surface area contributed by atoms with Crippen molar-refractivity contribution in [2.75, 3.05) is 11.9 Å². The number of nitrogens with one attached hydrogen (secondary N) is 1. The minimum absolute atomic E-state index is 0.175. The predicted molar refractivity (Wildman–Crippen MR) is 79.3 cm³/mol. The number of carbonyl (C=O) groups excluding carboxylic acids is 2. The van der Waals surface area contributed by atoms with Gasteiger partial charge in [0, 0.05) is 10.5 Å². The number of rotatable bonds is 4. The van der Waals surface area contributed by atoms with Crippen molar-refractivity contribution in [3.8, 4) is 0 Å². The molecule has 21 heavy (non-hydrogen) atoms. The van der Waals surface area contributed by atoms with E-state index in [2.05, 4.69) is 26.4 Å². The highest BCUT2D eigenvalue weighted by Gasteiger charge is 2.15. The number of esters is 1. The van der Waals surface area contributed by atoms with Gasteiger partial charge in [-0.05, 0) is 25.1 Å². The van der Waals surface area contributed by atoms with Gasteiger partial charge in [0.1, 0.15) is 0 Å². The van der Waals surface area contributed by atoms with Crippen molar-refractivity contribution in [2.24, 2.45) is 0 Å². The van der Waals surface area contributed by atoms with Crippen LogP contribution in [0.1, 0.15) is 16.1 Å². The number of anilines is 1. The van der Waals surface area contributed by atoms with Crippen molar-refractivity contribution in [3.05, 3.63) is 45.0 Å². The van der Waals surface area contributed by atoms with Crippen molar-refractivity contribution in [3.63, 3.8) is 0 Å². The molecular weight excluding hydrogens is 364 g/mol. The van der Waals surface area contributed by atoms with E-state index in [1.54, 1.807) is 25.1 Å². The average molecular weight is 374 g/mol. The Morgan fingerprint density at radius 2 is 2.19 bits per heavy atom. The monoisotopic (exact) mass is 372 g/mol. The maximum absolute atomic E-state index is 11.8. The van der Waals surface area contributed by atoms with E-state index in [9.17, 15) is 9.59 Å². The highest BCUT2D eigenvalue weighted by molar-refractivity contribution is 9.10. The molecule has 0 aliphatic carbocycles. The van der Waals surface area contributed by atoms with E-state index in [0.717, 1.165) is 0 Å². The Bertz CT molecular complexity index is 687. The fraction of sp³-hybridized carbons (Fsp3) is 0.154. The summed E-state index contributed by atoms with van der Waals surface area (Å²) in [4.78, 5) is 23.4. The number of halogens is 2. The molecule has 8 heteroatoms. The highest BCUT2D eigenvalue weighted by atomic mass is 79.9. The number of ether oxygens (including phenoxy) is 1. The molecule has 0 atom stereocenters. The molecule has 1 N–H and O–H groups in total. The average Bonchev–Trinajstić information content (AvgIpc) is 2.84. The zero-order valence-electron chi connectivity index (χ0n) is 10.9. The summed E-state index contributed by atoms with van der Waals surface area (Å²) in [5, 5.41) is 6.27. The molecule has 0 unspecified atom stereocenters. The second-order valence-corrected chi connectivity index (χ2v) is 5.40. The van der Waals surface area contributed by atoms with Crippen LogP contribution in [-0.2, 0) is 9.53 Å². The lowest BCUT2D eigenvalue weighted by atomic mass is 10.2. The number of carbonyl (C=O) groups is 2. The van der Waals surface area contributed by atoms with E-state index in [0.29, 0.717) is 10.2 Å². The molecule has 1 amide bonds. The number of aromatic nitrogens is 1. The van der Waals surface area contributed by atoms with Gasteiger partial charge < -0.3 is 9.26 Å². The second kappa shape index (κ2) is 6.73. The summed E-state index contributed by atoms with van der Waals surface area (Å²) in [6, 6.07) is 6.31. The number of nitrogens with zero attached hydrogens (tertiary/aromatic N) is 1. The molecule has 1 aromatic heterocycles. The fourth-order valence-corrected chi connectivity index (χ4v) is 2.01. The first-order valence-corrected chi connectivity index (χ1v) is 6.98. The molecule has 1 aromatic carbocycles. The normalized spacial score (nSPS) is 10.2. The summed E-state index contributed by atoms with van der Waals surface area (Å²) in [5.41, 5.74) is 0.803. The van der Waals surface area contributed by atoms with Gasteiger partial charge in [0.05, 0.1) is 16.3 Å². The summed E-state index contributed by atoms with van der Waals surface area (Å²) in [6.07, 6.45) is 0. The van der Waals surface area contributed by atoms with Gasteiger partial charge in [-0.15, -0.1) is 0 Å². The molecule has 6 nitrogen and oxygen atoms in total. The maximum atomic E-state index is 11.8. The highest BCUT2D eigenvalue weighted by Crippen LogP contribution is 2.21. The molecule has 0 fully saturated rings. The van der Waals surface area contributed by atoms with Crippen LogP contribution < -0.4 is 5.32 Å². The Kier molecular flexibility index (Phi) is 4.98. The molecule has 0 radical (unpaired) electrons. The Hall–Kier alpha value is -1.86. The van der Waals surface area contributed by atoms with E-state index in [-0.39, 0.29) is 16.5 Å². The number of aryl methyl sites for hydroxylation is 1. The van der Waals surface area contributed by atoms with E-state index in [1.165, 1.54) is 6.07 Å². The molecule has 0 spiro atoms. The van der Waals surface area contributed by atoms with E-state index < -0.39 is 18.5 Å². The molecule has 1 heterocycles. The van der Waals surface area contributed by atoms with Gasteiger partial charge in [0.25, 0.3) is 5.91 Å². The zero-order chi connectivity index (χ0) is 15.4. The van der Waals surface area contributed by atoms with Crippen LogP contribution in [0.25, 0.3) is 0 Å². The van der Waals surface area contributed by atoms with Crippen molar-refractivity contribution >= 4 is 45.3 Å². The molecule has 2 rings (SSSR count). The van der Waals surface area contributed by atoms with Crippen molar-refractivity contribution in [1.29, 1.82) is 0 Å². The Labute approximate surface area is 133 Å². The first-order chi connectivity index (χ1) is 9.95. The van der Waals surface area contributed by atoms with Crippen LogP contribution in [0, 0.1) is 6.92 Å². The minimum Gasteiger partial charge on any atom is -0.452 e. The van der Waals surface area contributed by atoms with Crippen molar-refractivity contribution in [1.82, 2.24) is 5.16 Å². The van der Waals surface area contributed by atoms with E-state index in [1.807, 2.05) is 0 Å². The largest absolute Gasteiger partial charge is 0.452 e. The van der Waals surface area contributed by atoms with E-state index >= 15 is 0 Å². The van der Waals surface area contributed by atoms with Crippen LogP contribution in [0.2, 0.25) is 5.02 Å². The lowest BCUT2D eigenvalue weighted by Gasteiger charge is -2.06. The molecule has 0 saturated heterocycles. The zero-order valence-corrected chi connectivity index (χ0v) is 13.2. The predicted octanol–water partition coefficient (Wildman–Crippen LogP) is 3.19. The number of hydrogen-bond donors (Lipinski definition) is 1. The summed E-state index contributed by atoms with van der Waals surface area (Å²) < 4.78 is 10.4. The molecular formula is C13H10BrClN2O4. The third-order valence-corrected chi connectivity index (χ3v) is 3.20. The summed E-state index contributed by atoms with van der Waals surface area (Å²) in [5.74, 6) is -1.04. The van der Waals surface area contributed by atoms with Gasteiger partial charge >= 0.3 is 5.97 Å². The SMILES string of the molecule is Cc1cc(NC(=O)COC(=O)c2cc(Br)ccc2Cl)on1. The van der Waals surface area contributed by atoms with Crippen molar-refractivity contribution < 1.29 is 18.8 Å². The quantitative estimate of drug-likeness (QED) is 0.832. The molecule has 110 valence electrons. The standard InChI is InChI=1S/C13H10BrClN2O4/c1-7-4-12(21-17-7)16-11(18)6-20-13(19)9-5-8(14)2-3-10(9)15/h2-5H,6H2,1H3,(H,16,18).